The zero-order valence-electron chi connectivity index (χ0n) is 8.79. The molecule has 0 aromatic heterocycles. The van der Waals surface area contributed by atoms with Crippen LogP contribution in [0.3, 0.4) is 0 Å². The van der Waals surface area contributed by atoms with E-state index in [2.05, 4.69) is 15.8 Å². The molecule has 0 aliphatic carbocycles. The maximum absolute atomic E-state index is 5.03. The van der Waals surface area contributed by atoms with Crippen LogP contribution < -0.4 is 10.7 Å². The zero-order valence-corrected chi connectivity index (χ0v) is 9.60. The van der Waals surface area contributed by atoms with Crippen molar-refractivity contribution in [2.24, 2.45) is 5.10 Å². The van der Waals surface area contributed by atoms with Crippen molar-refractivity contribution in [3.8, 4) is 0 Å². The van der Waals surface area contributed by atoms with E-state index in [9.17, 15) is 0 Å². The van der Waals surface area contributed by atoms with Gasteiger partial charge >= 0.3 is 0 Å². The van der Waals surface area contributed by atoms with Gasteiger partial charge in [-0.3, -0.25) is 5.43 Å². The Labute approximate surface area is 90.7 Å². The first-order chi connectivity index (χ1) is 6.70. The van der Waals surface area contributed by atoms with Crippen LogP contribution >= 0.6 is 12.2 Å². The van der Waals surface area contributed by atoms with Crippen molar-refractivity contribution in [3.05, 3.63) is 0 Å². The zero-order chi connectivity index (χ0) is 10.4. The Morgan fingerprint density at radius 2 is 2.36 bits per heavy atom. The molecule has 5 heteroatoms. The first kappa shape index (κ1) is 11.4. The monoisotopic (exact) mass is 214 g/mol. The van der Waals surface area contributed by atoms with Crippen molar-refractivity contribution >= 4 is 23.5 Å². The first-order valence-corrected chi connectivity index (χ1v) is 5.35. The van der Waals surface area contributed by atoms with Gasteiger partial charge in [0.2, 0.25) is 0 Å². The molecule has 1 rings (SSSR count). The topological polar surface area (TPSA) is 39.7 Å². The Bertz CT molecular complexity index is 209. The van der Waals surface area contributed by atoms with Crippen LogP contribution in [0.1, 0.15) is 19.3 Å². The van der Waals surface area contributed by atoms with E-state index in [0.29, 0.717) is 11.2 Å². The Kier molecular flexibility index (Phi) is 4.82. The van der Waals surface area contributed by atoms with Gasteiger partial charge < -0.3 is 10.2 Å². The lowest BCUT2D eigenvalue weighted by Crippen LogP contribution is -2.37. The van der Waals surface area contributed by atoms with Gasteiger partial charge in [-0.1, -0.05) is 6.42 Å². The van der Waals surface area contributed by atoms with Crippen molar-refractivity contribution < 1.29 is 0 Å². The summed E-state index contributed by atoms with van der Waals surface area (Å²) in [5.74, 6) is 0. The smallest absolute Gasteiger partial charge is 0.189 e. The summed E-state index contributed by atoms with van der Waals surface area (Å²) in [6.45, 7) is 1.09. The minimum Gasteiger partial charge on any atom is -0.354 e. The van der Waals surface area contributed by atoms with E-state index in [1.54, 1.807) is 0 Å². The molecule has 0 aromatic carbocycles. The lowest BCUT2D eigenvalue weighted by atomic mass is 10.1. The molecule has 1 heterocycles. The van der Waals surface area contributed by atoms with Crippen LogP contribution in [0.25, 0.3) is 0 Å². The number of rotatable bonds is 2. The molecule has 1 atom stereocenters. The van der Waals surface area contributed by atoms with Crippen molar-refractivity contribution in [3.63, 3.8) is 0 Å². The summed E-state index contributed by atoms with van der Waals surface area (Å²) in [4.78, 5) is 1.82. The van der Waals surface area contributed by atoms with Gasteiger partial charge in [-0.15, -0.1) is 0 Å². The Balaban J connectivity index is 2.22. The maximum atomic E-state index is 5.03. The average Bonchev–Trinajstić information content (AvgIpc) is 2.19. The fourth-order valence-corrected chi connectivity index (χ4v) is 1.34. The van der Waals surface area contributed by atoms with E-state index in [4.69, 9.17) is 12.2 Å². The molecule has 0 radical (unpaired) electrons. The molecule has 0 saturated carbocycles. The molecule has 14 heavy (non-hydrogen) atoms. The van der Waals surface area contributed by atoms with E-state index < -0.39 is 0 Å². The van der Waals surface area contributed by atoms with Crippen molar-refractivity contribution in [2.75, 3.05) is 20.6 Å². The Morgan fingerprint density at radius 3 is 2.93 bits per heavy atom. The third-order valence-electron chi connectivity index (χ3n) is 2.17. The van der Waals surface area contributed by atoms with Crippen LogP contribution in [-0.2, 0) is 0 Å². The highest BCUT2D eigenvalue weighted by Crippen LogP contribution is 2.04. The number of hydrazone groups is 1. The molecule has 1 fully saturated rings. The van der Waals surface area contributed by atoms with E-state index >= 15 is 0 Å². The van der Waals surface area contributed by atoms with Crippen LogP contribution in [-0.4, -0.2) is 42.9 Å². The second-order valence-electron chi connectivity index (χ2n) is 3.65. The molecule has 0 amide bonds. The standard InChI is InChI=1S/C9H18N4S/c1-13(2)9(14)12-11-7-8-5-3-4-6-10-8/h7-8,10H,3-6H2,1-2H3,(H,12,14)/b11-7+. The summed E-state index contributed by atoms with van der Waals surface area (Å²) in [5, 5.41) is 8.11. The highest BCUT2D eigenvalue weighted by atomic mass is 32.1. The predicted molar refractivity (Wildman–Crippen MR) is 63.6 cm³/mol. The van der Waals surface area contributed by atoms with Crippen LogP contribution in [0, 0.1) is 0 Å². The number of thiocarbonyl (C=S) groups is 1. The molecule has 0 aromatic rings. The van der Waals surface area contributed by atoms with Gasteiger partial charge in [0.1, 0.15) is 0 Å². The number of nitrogens with one attached hydrogen (secondary N) is 2. The van der Waals surface area contributed by atoms with Crippen molar-refractivity contribution in [1.82, 2.24) is 15.6 Å². The van der Waals surface area contributed by atoms with Gasteiger partial charge in [0, 0.05) is 26.4 Å². The van der Waals surface area contributed by atoms with Gasteiger partial charge in [-0.25, -0.2) is 0 Å². The highest BCUT2D eigenvalue weighted by Gasteiger charge is 2.09. The molecule has 4 nitrogen and oxygen atoms in total. The van der Waals surface area contributed by atoms with E-state index in [1.807, 2.05) is 25.2 Å². The quantitative estimate of drug-likeness (QED) is 0.400. The summed E-state index contributed by atoms with van der Waals surface area (Å²) in [6, 6.07) is 0.404. The third kappa shape index (κ3) is 4.02. The second kappa shape index (κ2) is 5.93. The summed E-state index contributed by atoms with van der Waals surface area (Å²) in [7, 11) is 3.79. The normalized spacial score (nSPS) is 22.3. The minimum absolute atomic E-state index is 0.404. The SMILES string of the molecule is CN(C)C(=S)N/N=C/C1CCCCN1. The predicted octanol–water partition coefficient (Wildman–Crippen LogP) is 0.550. The molecule has 1 saturated heterocycles. The van der Waals surface area contributed by atoms with E-state index in [1.165, 1.54) is 19.3 Å². The molecule has 2 N–H and O–H groups in total. The molecule has 0 bridgehead atoms. The van der Waals surface area contributed by atoms with Gasteiger partial charge in [0.25, 0.3) is 0 Å². The summed E-state index contributed by atoms with van der Waals surface area (Å²) in [6.07, 6.45) is 5.62. The fraction of sp³-hybridized carbons (Fsp3) is 0.778. The minimum atomic E-state index is 0.404. The van der Waals surface area contributed by atoms with Crippen molar-refractivity contribution in [1.29, 1.82) is 0 Å². The van der Waals surface area contributed by atoms with Gasteiger partial charge in [-0.2, -0.15) is 5.10 Å². The molecule has 0 spiro atoms. The van der Waals surface area contributed by atoms with Gasteiger partial charge in [0.15, 0.2) is 5.11 Å². The van der Waals surface area contributed by atoms with Gasteiger partial charge in [-0.05, 0) is 31.6 Å². The van der Waals surface area contributed by atoms with E-state index in [-0.39, 0.29) is 0 Å². The lowest BCUT2D eigenvalue weighted by molar-refractivity contribution is 0.475. The summed E-state index contributed by atoms with van der Waals surface area (Å²) < 4.78 is 0. The molecular formula is C9H18N4S. The highest BCUT2D eigenvalue weighted by molar-refractivity contribution is 7.80. The number of nitrogens with zero attached hydrogens (tertiary/aromatic N) is 2. The number of hydrogen-bond acceptors (Lipinski definition) is 3. The molecule has 1 unspecified atom stereocenters. The third-order valence-corrected chi connectivity index (χ3v) is 2.63. The largest absolute Gasteiger partial charge is 0.354 e. The molecule has 1 aliphatic heterocycles. The molecule has 1 aliphatic rings. The second-order valence-corrected chi connectivity index (χ2v) is 4.03. The first-order valence-electron chi connectivity index (χ1n) is 4.94. The van der Waals surface area contributed by atoms with Crippen LogP contribution in [0.5, 0.6) is 0 Å². The molecule has 80 valence electrons. The number of piperidine rings is 1. The lowest BCUT2D eigenvalue weighted by Gasteiger charge is -2.19. The van der Waals surface area contributed by atoms with Crippen LogP contribution in [0.4, 0.5) is 0 Å². The van der Waals surface area contributed by atoms with Crippen molar-refractivity contribution in [2.45, 2.75) is 25.3 Å². The fourth-order valence-electron chi connectivity index (χ4n) is 1.29. The van der Waals surface area contributed by atoms with Crippen LogP contribution in [0.2, 0.25) is 0 Å². The Morgan fingerprint density at radius 1 is 1.57 bits per heavy atom. The maximum Gasteiger partial charge on any atom is 0.189 e. The van der Waals surface area contributed by atoms with Crippen LogP contribution in [0.15, 0.2) is 5.10 Å². The Hall–Kier alpha value is -0.680. The van der Waals surface area contributed by atoms with E-state index in [0.717, 1.165) is 6.54 Å². The number of hydrogen-bond donors (Lipinski definition) is 2. The average molecular weight is 214 g/mol. The van der Waals surface area contributed by atoms with Gasteiger partial charge in [0.05, 0.1) is 0 Å². The summed E-state index contributed by atoms with van der Waals surface area (Å²) >= 11 is 5.03. The molecular weight excluding hydrogens is 196 g/mol. The summed E-state index contributed by atoms with van der Waals surface area (Å²) in [5.41, 5.74) is 2.82.